The average Bonchev–Trinajstić information content (AvgIpc) is 2.55. The number of rotatable bonds is 7. The molecule has 0 heterocycles. The number of benzene rings is 2. The van der Waals surface area contributed by atoms with Crippen molar-refractivity contribution in [1.82, 2.24) is 5.32 Å². The quantitative estimate of drug-likeness (QED) is 0.801. The Morgan fingerprint density at radius 1 is 1.00 bits per heavy atom. The van der Waals surface area contributed by atoms with Crippen LogP contribution >= 0.6 is 23.4 Å². The Bertz CT molecular complexity index is 671. The standard InChI is InChI=1S/C17H16ClNO3S/c18-15-7-3-13(4-8-15)10-23-11-16(20)19-9-12-1-5-14(6-2-12)17(21)22/h1-8H,9-11H2,(H,19,20)(H,21,22). The maximum Gasteiger partial charge on any atom is 0.335 e. The second kappa shape index (κ2) is 8.60. The third-order valence-corrected chi connectivity index (χ3v) is 4.36. The first-order valence-corrected chi connectivity index (χ1v) is 8.49. The first-order valence-electron chi connectivity index (χ1n) is 6.96. The number of thioether (sulfide) groups is 1. The predicted molar refractivity (Wildman–Crippen MR) is 92.9 cm³/mol. The molecule has 23 heavy (non-hydrogen) atoms. The monoisotopic (exact) mass is 349 g/mol. The van der Waals surface area contributed by atoms with Gasteiger partial charge in [-0.2, -0.15) is 0 Å². The van der Waals surface area contributed by atoms with Crippen molar-refractivity contribution in [2.45, 2.75) is 12.3 Å². The SMILES string of the molecule is O=C(CSCc1ccc(Cl)cc1)NCc1ccc(C(=O)O)cc1. The van der Waals surface area contributed by atoms with Gasteiger partial charge in [-0.05, 0) is 35.4 Å². The van der Waals surface area contributed by atoms with E-state index in [9.17, 15) is 9.59 Å². The van der Waals surface area contributed by atoms with Crippen LogP contribution in [0.5, 0.6) is 0 Å². The van der Waals surface area contributed by atoms with Crippen molar-refractivity contribution in [1.29, 1.82) is 0 Å². The van der Waals surface area contributed by atoms with Crippen LogP contribution in [0.15, 0.2) is 48.5 Å². The van der Waals surface area contributed by atoms with Crippen molar-refractivity contribution in [2.75, 3.05) is 5.75 Å². The first kappa shape index (κ1) is 17.4. The minimum Gasteiger partial charge on any atom is -0.478 e. The first-order chi connectivity index (χ1) is 11.0. The summed E-state index contributed by atoms with van der Waals surface area (Å²) in [6.07, 6.45) is 0. The van der Waals surface area contributed by atoms with E-state index in [-0.39, 0.29) is 11.5 Å². The van der Waals surface area contributed by atoms with Gasteiger partial charge in [-0.15, -0.1) is 11.8 Å². The molecule has 0 fully saturated rings. The van der Waals surface area contributed by atoms with Gasteiger partial charge in [0.15, 0.2) is 0 Å². The largest absolute Gasteiger partial charge is 0.478 e. The zero-order chi connectivity index (χ0) is 16.7. The van der Waals surface area contributed by atoms with Crippen molar-refractivity contribution in [3.63, 3.8) is 0 Å². The van der Waals surface area contributed by atoms with Gasteiger partial charge in [0.05, 0.1) is 11.3 Å². The van der Waals surface area contributed by atoms with Crippen LogP contribution in [0, 0.1) is 0 Å². The molecular weight excluding hydrogens is 334 g/mol. The number of carboxylic acid groups (broad SMARTS) is 1. The van der Waals surface area contributed by atoms with Crippen molar-refractivity contribution in [3.05, 3.63) is 70.2 Å². The summed E-state index contributed by atoms with van der Waals surface area (Å²) in [5.41, 5.74) is 2.22. The highest BCUT2D eigenvalue weighted by Gasteiger charge is 2.04. The summed E-state index contributed by atoms with van der Waals surface area (Å²) in [6, 6.07) is 14.0. The Kier molecular flexibility index (Phi) is 6.50. The van der Waals surface area contributed by atoms with E-state index >= 15 is 0 Å². The summed E-state index contributed by atoms with van der Waals surface area (Å²) in [7, 11) is 0. The zero-order valence-corrected chi connectivity index (χ0v) is 13.9. The molecule has 2 aromatic rings. The molecule has 0 aliphatic carbocycles. The van der Waals surface area contributed by atoms with Crippen molar-refractivity contribution >= 4 is 35.2 Å². The molecule has 6 heteroatoms. The van der Waals surface area contributed by atoms with Crippen LogP contribution in [-0.2, 0) is 17.1 Å². The number of carboxylic acids is 1. The van der Waals surface area contributed by atoms with Gasteiger partial charge in [-0.25, -0.2) is 4.79 Å². The molecule has 0 saturated heterocycles. The van der Waals surface area contributed by atoms with E-state index < -0.39 is 5.97 Å². The number of carbonyl (C=O) groups is 2. The van der Waals surface area contributed by atoms with Gasteiger partial charge >= 0.3 is 5.97 Å². The van der Waals surface area contributed by atoms with E-state index in [1.165, 1.54) is 23.9 Å². The summed E-state index contributed by atoms with van der Waals surface area (Å²) in [4.78, 5) is 22.5. The lowest BCUT2D eigenvalue weighted by Gasteiger charge is -2.06. The molecule has 0 atom stereocenters. The van der Waals surface area contributed by atoms with Gasteiger partial charge in [-0.1, -0.05) is 35.9 Å². The molecule has 0 radical (unpaired) electrons. The fourth-order valence-corrected chi connectivity index (χ4v) is 2.80. The Hall–Kier alpha value is -1.98. The molecule has 0 aliphatic rings. The van der Waals surface area contributed by atoms with Crippen molar-refractivity contribution in [2.24, 2.45) is 0 Å². The highest BCUT2D eigenvalue weighted by molar-refractivity contribution is 7.99. The summed E-state index contributed by atoms with van der Waals surface area (Å²) in [6.45, 7) is 0.389. The average molecular weight is 350 g/mol. The molecule has 1 amide bonds. The lowest BCUT2D eigenvalue weighted by atomic mass is 10.1. The lowest BCUT2D eigenvalue weighted by Crippen LogP contribution is -2.24. The molecule has 0 bridgehead atoms. The van der Waals surface area contributed by atoms with E-state index in [0.29, 0.717) is 17.3 Å². The van der Waals surface area contributed by atoms with Crippen LogP contribution in [0.4, 0.5) is 0 Å². The molecule has 2 N–H and O–H groups in total. The molecule has 0 aromatic heterocycles. The minimum atomic E-state index is -0.959. The maximum atomic E-state index is 11.8. The van der Waals surface area contributed by atoms with E-state index in [1.54, 1.807) is 12.1 Å². The summed E-state index contributed by atoms with van der Waals surface area (Å²) in [5.74, 6) is 0.110. The van der Waals surface area contributed by atoms with Crippen LogP contribution < -0.4 is 5.32 Å². The molecule has 0 saturated carbocycles. The van der Waals surface area contributed by atoms with E-state index in [1.807, 2.05) is 24.3 Å². The Labute approximate surface area is 143 Å². The number of hydrogen-bond acceptors (Lipinski definition) is 3. The van der Waals surface area contributed by atoms with Crippen LogP contribution in [-0.4, -0.2) is 22.7 Å². The highest BCUT2D eigenvalue weighted by Crippen LogP contribution is 2.15. The molecule has 0 unspecified atom stereocenters. The summed E-state index contributed by atoms with van der Waals surface area (Å²) >= 11 is 7.35. The molecule has 0 spiro atoms. The Morgan fingerprint density at radius 2 is 1.61 bits per heavy atom. The second-order valence-electron chi connectivity index (χ2n) is 4.90. The van der Waals surface area contributed by atoms with Crippen molar-refractivity contribution < 1.29 is 14.7 Å². The van der Waals surface area contributed by atoms with Crippen LogP contribution in [0.3, 0.4) is 0 Å². The van der Waals surface area contributed by atoms with E-state index in [4.69, 9.17) is 16.7 Å². The second-order valence-corrected chi connectivity index (χ2v) is 6.32. The number of amides is 1. The highest BCUT2D eigenvalue weighted by atomic mass is 35.5. The molecule has 4 nitrogen and oxygen atoms in total. The Balaban J connectivity index is 1.70. The fraction of sp³-hybridized carbons (Fsp3) is 0.176. The number of nitrogens with one attached hydrogen (secondary N) is 1. The number of hydrogen-bond donors (Lipinski definition) is 2. The molecule has 120 valence electrons. The maximum absolute atomic E-state index is 11.8. The van der Waals surface area contributed by atoms with Gasteiger partial charge in [0.1, 0.15) is 0 Å². The van der Waals surface area contributed by atoms with E-state index in [0.717, 1.165) is 16.9 Å². The molecular formula is C17H16ClNO3S. The van der Waals surface area contributed by atoms with Crippen LogP contribution in [0.25, 0.3) is 0 Å². The minimum absolute atomic E-state index is 0.0497. The lowest BCUT2D eigenvalue weighted by molar-refractivity contribution is -0.118. The normalized spacial score (nSPS) is 10.3. The van der Waals surface area contributed by atoms with Crippen molar-refractivity contribution in [3.8, 4) is 0 Å². The summed E-state index contributed by atoms with van der Waals surface area (Å²) in [5, 5.41) is 12.3. The smallest absolute Gasteiger partial charge is 0.335 e. The van der Waals surface area contributed by atoms with Gasteiger partial charge in [0, 0.05) is 17.3 Å². The van der Waals surface area contributed by atoms with E-state index in [2.05, 4.69) is 5.32 Å². The van der Waals surface area contributed by atoms with Gasteiger partial charge < -0.3 is 10.4 Å². The topological polar surface area (TPSA) is 66.4 Å². The zero-order valence-electron chi connectivity index (χ0n) is 12.3. The van der Waals surface area contributed by atoms with Crippen LogP contribution in [0.2, 0.25) is 5.02 Å². The third-order valence-electron chi connectivity index (χ3n) is 3.11. The Morgan fingerprint density at radius 3 is 2.22 bits per heavy atom. The molecule has 0 aliphatic heterocycles. The predicted octanol–water partition coefficient (Wildman–Crippen LogP) is 3.59. The third kappa shape index (κ3) is 5.96. The number of carbonyl (C=O) groups excluding carboxylic acids is 1. The number of halogens is 1. The number of aromatic carboxylic acids is 1. The van der Waals surface area contributed by atoms with Gasteiger partial charge in [0.2, 0.25) is 5.91 Å². The fourth-order valence-electron chi connectivity index (χ4n) is 1.86. The van der Waals surface area contributed by atoms with Gasteiger partial charge in [-0.3, -0.25) is 4.79 Å². The summed E-state index contributed by atoms with van der Waals surface area (Å²) < 4.78 is 0. The molecule has 2 aromatic carbocycles. The van der Waals surface area contributed by atoms with Gasteiger partial charge in [0.25, 0.3) is 0 Å². The van der Waals surface area contributed by atoms with Crippen LogP contribution in [0.1, 0.15) is 21.5 Å². The molecule has 2 rings (SSSR count).